The van der Waals surface area contributed by atoms with Crippen LogP contribution in [0.4, 0.5) is 0 Å². The van der Waals surface area contributed by atoms with Crippen molar-refractivity contribution in [1.29, 1.82) is 0 Å². The Labute approximate surface area is 89.7 Å². The molecular formula is C11H17N3O. The highest BCUT2D eigenvalue weighted by molar-refractivity contribution is 5.95. The number of carbonyl (C=O) groups excluding carboxylic acids is 1. The third kappa shape index (κ3) is 2.67. The van der Waals surface area contributed by atoms with Crippen LogP contribution in [0.15, 0.2) is 18.3 Å². The minimum Gasteiger partial charge on any atom is -0.359 e. The Morgan fingerprint density at radius 2 is 2.53 bits per heavy atom. The highest BCUT2D eigenvalue weighted by Gasteiger charge is 2.18. The summed E-state index contributed by atoms with van der Waals surface area (Å²) in [5, 5.41) is 3.36. The van der Waals surface area contributed by atoms with Crippen LogP contribution in [0.1, 0.15) is 17.4 Å². The molecule has 2 heterocycles. The Morgan fingerprint density at radius 1 is 1.67 bits per heavy atom. The third-order valence-corrected chi connectivity index (χ3v) is 2.72. The number of carbonyl (C=O) groups is 1. The predicted molar refractivity (Wildman–Crippen MR) is 59.0 cm³/mol. The van der Waals surface area contributed by atoms with Gasteiger partial charge in [0.25, 0.3) is 0 Å². The lowest BCUT2D eigenvalue weighted by molar-refractivity contribution is 0.0904. The minimum atomic E-state index is 0.175. The molecule has 0 aromatic carbocycles. The number of rotatable bonds is 3. The molecule has 0 aliphatic carbocycles. The number of hydrogen-bond donors (Lipinski definition) is 2. The fraction of sp³-hybridized carbons (Fsp3) is 0.545. The molecule has 1 saturated heterocycles. The molecule has 0 spiro atoms. The predicted octanol–water partition coefficient (Wildman–Crippen LogP) is 0.491. The summed E-state index contributed by atoms with van der Waals surface area (Å²) in [5.74, 6) is 0.175. The molecule has 0 saturated carbocycles. The first kappa shape index (κ1) is 10.4. The molecule has 1 aliphatic rings. The van der Waals surface area contributed by atoms with E-state index in [9.17, 15) is 4.79 Å². The minimum absolute atomic E-state index is 0.175. The highest BCUT2D eigenvalue weighted by Crippen LogP contribution is 2.02. The van der Waals surface area contributed by atoms with Crippen molar-refractivity contribution in [3.63, 3.8) is 0 Å². The summed E-state index contributed by atoms with van der Waals surface area (Å²) in [7, 11) is 0. The van der Waals surface area contributed by atoms with Crippen molar-refractivity contribution >= 4 is 5.78 Å². The van der Waals surface area contributed by atoms with Crippen LogP contribution in [-0.2, 0) is 0 Å². The van der Waals surface area contributed by atoms with E-state index >= 15 is 0 Å². The number of aromatic nitrogens is 1. The Kier molecular flexibility index (Phi) is 3.18. The van der Waals surface area contributed by atoms with E-state index in [1.807, 2.05) is 12.1 Å². The van der Waals surface area contributed by atoms with Crippen LogP contribution in [0.3, 0.4) is 0 Å². The van der Waals surface area contributed by atoms with Gasteiger partial charge in [0.05, 0.1) is 12.2 Å². The largest absolute Gasteiger partial charge is 0.359 e. The number of piperazine rings is 1. The average molecular weight is 207 g/mol. The fourth-order valence-corrected chi connectivity index (χ4v) is 1.95. The Morgan fingerprint density at radius 3 is 3.20 bits per heavy atom. The first-order valence-electron chi connectivity index (χ1n) is 5.38. The van der Waals surface area contributed by atoms with E-state index < -0.39 is 0 Å². The maximum Gasteiger partial charge on any atom is 0.192 e. The van der Waals surface area contributed by atoms with Crippen molar-refractivity contribution in [3.05, 3.63) is 24.0 Å². The van der Waals surface area contributed by atoms with Crippen LogP contribution in [0, 0.1) is 0 Å². The zero-order valence-corrected chi connectivity index (χ0v) is 8.99. The van der Waals surface area contributed by atoms with Crippen LogP contribution in [0.2, 0.25) is 0 Å². The van der Waals surface area contributed by atoms with Crippen molar-refractivity contribution in [2.24, 2.45) is 0 Å². The van der Waals surface area contributed by atoms with E-state index in [2.05, 4.69) is 22.1 Å². The standard InChI is InChI=1S/C11H17N3O/c1-9-7-14(6-5-12-9)8-11(15)10-3-2-4-13-10/h2-4,9,12-13H,5-8H2,1H3/t9-/m1/s1. The van der Waals surface area contributed by atoms with Crippen LogP contribution in [0.25, 0.3) is 0 Å². The molecule has 1 fully saturated rings. The molecule has 1 aromatic heterocycles. The molecule has 2 N–H and O–H groups in total. The summed E-state index contributed by atoms with van der Waals surface area (Å²) in [4.78, 5) is 16.9. The summed E-state index contributed by atoms with van der Waals surface area (Å²) in [6.07, 6.45) is 1.79. The summed E-state index contributed by atoms with van der Waals surface area (Å²) in [5.41, 5.74) is 0.709. The number of hydrogen-bond acceptors (Lipinski definition) is 3. The molecule has 15 heavy (non-hydrogen) atoms. The molecule has 2 rings (SSSR count). The zero-order valence-electron chi connectivity index (χ0n) is 8.99. The van der Waals surface area contributed by atoms with Crippen LogP contribution in [0.5, 0.6) is 0 Å². The smallest absolute Gasteiger partial charge is 0.192 e. The number of nitrogens with one attached hydrogen (secondary N) is 2. The average Bonchev–Trinajstić information content (AvgIpc) is 2.70. The van der Waals surface area contributed by atoms with Crippen molar-refractivity contribution in [2.75, 3.05) is 26.2 Å². The van der Waals surface area contributed by atoms with E-state index in [1.165, 1.54) is 0 Å². The lowest BCUT2D eigenvalue weighted by Crippen LogP contribution is -2.50. The summed E-state index contributed by atoms with van der Waals surface area (Å²) >= 11 is 0. The molecule has 0 radical (unpaired) electrons. The molecular weight excluding hydrogens is 190 g/mol. The zero-order chi connectivity index (χ0) is 10.7. The normalized spacial score (nSPS) is 22.9. The van der Waals surface area contributed by atoms with E-state index in [1.54, 1.807) is 6.20 Å². The molecule has 1 aliphatic heterocycles. The van der Waals surface area contributed by atoms with Gasteiger partial charge in [-0.1, -0.05) is 0 Å². The van der Waals surface area contributed by atoms with E-state index in [0.29, 0.717) is 18.3 Å². The maximum atomic E-state index is 11.8. The SMILES string of the molecule is C[C@@H]1CN(CC(=O)c2ccc[nH]2)CCN1. The molecule has 4 heteroatoms. The van der Waals surface area contributed by atoms with Gasteiger partial charge >= 0.3 is 0 Å². The first-order valence-corrected chi connectivity index (χ1v) is 5.38. The maximum absolute atomic E-state index is 11.8. The molecule has 1 aromatic rings. The molecule has 82 valence electrons. The number of Topliss-reactive ketones (excluding diaryl/α,β-unsaturated/α-hetero) is 1. The monoisotopic (exact) mass is 207 g/mol. The molecule has 0 unspecified atom stereocenters. The summed E-state index contributed by atoms with van der Waals surface area (Å²) < 4.78 is 0. The van der Waals surface area contributed by atoms with Crippen LogP contribution in [-0.4, -0.2) is 47.9 Å². The quantitative estimate of drug-likeness (QED) is 0.709. The van der Waals surface area contributed by atoms with Gasteiger partial charge in [-0.15, -0.1) is 0 Å². The fourth-order valence-electron chi connectivity index (χ4n) is 1.95. The number of nitrogens with zero attached hydrogens (tertiary/aromatic N) is 1. The van der Waals surface area contributed by atoms with Gasteiger partial charge in [-0.05, 0) is 19.1 Å². The van der Waals surface area contributed by atoms with Crippen molar-refractivity contribution in [3.8, 4) is 0 Å². The summed E-state index contributed by atoms with van der Waals surface area (Å²) in [6.45, 7) is 5.54. The van der Waals surface area contributed by atoms with Crippen molar-refractivity contribution < 1.29 is 4.79 Å². The number of aromatic amines is 1. The Balaban J connectivity index is 1.89. The van der Waals surface area contributed by atoms with E-state index in [0.717, 1.165) is 19.6 Å². The highest BCUT2D eigenvalue weighted by atomic mass is 16.1. The molecule has 0 amide bonds. The van der Waals surface area contributed by atoms with Gasteiger partial charge in [-0.3, -0.25) is 9.69 Å². The van der Waals surface area contributed by atoms with Gasteiger partial charge in [-0.25, -0.2) is 0 Å². The van der Waals surface area contributed by atoms with Gasteiger partial charge in [-0.2, -0.15) is 0 Å². The first-order chi connectivity index (χ1) is 7.25. The number of H-pyrrole nitrogens is 1. The lowest BCUT2D eigenvalue weighted by atomic mass is 10.2. The second-order valence-corrected chi connectivity index (χ2v) is 4.10. The second-order valence-electron chi connectivity index (χ2n) is 4.10. The van der Waals surface area contributed by atoms with Gasteiger partial charge in [0.1, 0.15) is 0 Å². The van der Waals surface area contributed by atoms with Crippen LogP contribution >= 0.6 is 0 Å². The Hall–Kier alpha value is -1.13. The third-order valence-electron chi connectivity index (χ3n) is 2.72. The van der Waals surface area contributed by atoms with Crippen molar-refractivity contribution in [2.45, 2.75) is 13.0 Å². The lowest BCUT2D eigenvalue weighted by Gasteiger charge is -2.31. The van der Waals surface area contributed by atoms with Crippen LogP contribution < -0.4 is 5.32 Å². The van der Waals surface area contributed by atoms with E-state index in [-0.39, 0.29) is 5.78 Å². The molecule has 4 nitrogen and oxygen atoms in total. The second kappa shape index (κ2) is 4.59. The number of ketones is 1. The summed E-state index contributed by atoms with van der Waals surface area (Å²) in [6, 6.07) is 4.16. The topological polar surface area (TPSA) is 48.1 Å². The van der Waals surface area contributed by atoms with Gasteiger partial charge < -0.3 is 10.3 Å². The van der Waals surface area contributed by atoms with Gasteiger partial charge in [0, 0.05) is 31.9 Å². The van der Waals surface area contributed by atoms with Crippen molar-refractivity contribution in [1.82, 2.24) is 15.2 Å². The van der Waals surface area contributed by atoms with E-state index in [4.69, 9.17) is 0 Å². The van der Waals surface area contributed by atoms with Gasteiger partial charge in [0.15, 0.2) is 5.78 Å². The Bertz CT molecular complexity index is 321. The van der Waals surface area contributed by atoms with Gasteiger partial charge in [0.2, 0.25) is 0 Å². The molecule has 1 atom stereocenters. The molecule has 0 bridgehead atoms.